The third kappa shape index (κ3) is 4.98. The van der Waals surface area contributed by atoms with Crippen LogP contribution in [0.3, 0.4) is 0 Å². The van der Waals surface area contributed by atoms with Gasteiger partial charge in [0, 0.05) is 31.4 Å². The van der Waals surface area contributed by atoms with E-state index < -0.39 is 0 Å². The first kappa shape index (κ1) is 23.4. The molecule has 0 fully saturated rings. The molecule has 32 heavy (non-hydrogen) atoms. The van der Waals surface area contributed by atoms with E-state index in [9.17, 15) is 9.59 Å². The van der Waals surface area contributed by atoms with Crippen LogP contribution in [0, 0.1) is 0 Å². The Labute approximate surface area is 194 Å². The van der Waals surface area contributed by atoms with Gasteiger partial charge in [-0.25, -0.2) is 4.98 Å². The van der Waals surface area contributed by atoms with Gasteiger partial charge in [-0.05, 0) is 48.0 Å². The summed E-state index contributed by atoms with van der Waals surface area (Å²) in [4.78, 5) is 32.7. The molecule has 0 saturated carbocycles. The van der Waals surface area contributed by atoms with Gasteiger partial charge in [0.15, 0.2) is 0 Å². The fourth-order valence-electron chi connectivity index (χ4n) is 3.92. The average molecular weight is 451 g/mol. The Morgan fingerprint density at radius 3 is 2.75 bits per heavy atom. The number of rotatable bonds is 4. The van der Waals surface area contributed by atoms with Crippen LogP contribution < -0.4 is 5.32 Å². The van der Waals surface area contributed by atoms with E-state index in [0.717, 1.165) is 27.5 Å². The van der Waals surface area contributed by atoms with Gasteiger partial charge >= 0.3 is 0 Å². The molecule has 0 radical (unpaired) electrons. The van der Waals surface area contributed by atoms with E-state index in [1.165, 1.54) is 0 Å². The van der Waals surface area contributed by atoms with Crippen LogP contribution in [0.2, 0.25) is 0 Å². The molecule has 0 aliphatic carbocycles. The van der Waals surface area contributed by atoms with Crippen LogP contribution in [0.1, 0.15) is 29.7 Å². The lowest BCUT2D eigenvalue weighted by Crippen LogP contribution is -2.28. The van der Waals surface area contributed by atoms with Crippen molar-refractivity contribution in [2.75, 3.05) is 26.0 Å². The van der Waals surface area contributed by atoms with Gasteiger partial charge in [-0.3, -0.25) is 14.5 Å². The second-order valence-corrected chi connectivity index (χ2v) is 8.02. The highest BCUT2D eigenvalue weighted by atomic mass is 35.5. The molecule has 3 aromatic rings. The highest BCUT2D eigenvalue weighted by Crippen LogP contribution is 2.27. The van der Waals surface area contributed by atoms with Crippen LogP contribution in [0.5, 0.6) is 0 Å². The van der Waals surface area contributed by atoms with Crippen molar-refractivity contribution in [1.29, 1.82) is 0 Å². The van der Waals surface area contributed by atoms with E-state index >= 15 is 0 Å². The number of anilines is 1. The fourth-order valence-corrected chi connectivity index (χ4v) is 3.92. The zero-order valence-electron chi connectivity index (χ0n) is 18.4. The topological polar surface area (TPSA) is 65.5 Å². The predicted molar refractivity (Wildman–Crippen MR) is 131 cm³/mol. The molecular weight excluding hydrogens is 424 g/mol. The Morgan fingerprint density at radius 2 is 1.94 bits per heavy atom. The number of hydrogen-bond donors (Lipinski definition) is 1. The number of fused-ring (bicyclic) bond motifs is 2. The zero-order valence-corrected chi connectivity index (χ0v) is 19.2. The second kappa shape index (κ2) is 9.94. The Bertz CT molecular complexity index is 1170. The van der Waals surface area contributed by atoms with Crippen molar-refractivity contribution in [1.82, 2.24) is 14.8 Å². The Kier molecular flexibility index (Phi) is 7.28. The molecule has 1 aliphatic heterocycles. The molecule has 1 aliphatic rings. The largest absolute Gasteiger partial charge is 0.335 e. The van der Waals surface area contributed by atoms with Crippen LogP contribution in [-0.4, -0.2) is 47.2 Å². The number of carbonyl (C=O) groups excluding carboxylic acids is 2. The van der Waals surface area contributed by atoms with Gasteiger partial charge in [-0.1, -0.05) is 42.5 Å². The number of likely N-dealkylation sites (N-methyl/N-ethyl adjacent to an activating group) is 2. The minimum atomic E-state index is -0.0826. The van der Waals surface area contributed by atoms with Gasteiger partial charge in [0.05, 0.1) is 12.6 Å². The molecule has 7 heteroatoms. The van der Waals surface area contributed by atoms with Gasteiger partial charge in [0.25, 0.3) is 0 Å². The first-order chi connectivity index (χ1) is 14.9. The van der Waals surface area contributed by atoms with Crippen LogP contribution in [0.15, 0.2) is 60.8 Å². The molecule has 166 valence electrons. The number of hydrogen-bond acceptors (Lipinski definition) is 4. The van der Waals surface area contributed by atoms with Crippen LogP contribution >= 0.6 is 12.4 Å². The van der Waals surface area contributed by atoms with Gasteiger partial charge in [-0.15, -0.1) is 12.4 Å². The van der Waals surface area contributed by atoms with E-state index in [0.29, 0.717) is 18.9 Å². The summed E-state index contributed by atoms with van der Waals surface area (Å²) < 4.78 is 0. The summed E-state index contributed by atoms with van der Waals surface area (Å²) in [5.74, 6) is 0.427. The molecule has 1 atom stereocenters. The van der Waals surface area contributed by atoms with Gasteiger partial charge in [0.2, 0.25) is 11.8 Å². The lowest BCUT2D eigenvalue weighted by molar-refractivity contribution is -0.126. The van der Waals surface area contributed by atoms with E-state index in [-0.39, 0.29) is 30.3 Å². The molecule has 1 aromatic heterocycles. The summed E-state index contributed by atoms with van der Waals surface area (Å²) in [6.45, 7) is 2.99. The molecule has 4 rings (SSSR count). The van der Waals surface area contributed by atoms with Crippen molar-refractivity contribution in [2.45, 2.75) is 19.5 Å². The normalized spacial score (nSPS) is 14.9. The molecule has 0 saturated heterocycles. The monoisotopic (exact) mass is 450 g/mol. The van der Waals surface area contributed by atoms with Crippen molar-refractivity contribution in [3.63, 3.8) is 0 Å². The summed E-state index contributed by atoms with van der Waals surface area (Å²) in [5, 5.41) is 5.14. The lowest BCUT2D eigenvalue weighted by Gasteiger charge is -2.25. The van der Waals surface area contributed by atoms with Crippen LogP contribution in [-0.2, 0) is 16.1 Å². The van der Waals surface area contributed by atoms with Crippen molar-refractivity contribution < 1.29 is 9.59 Å². The second-order valence-electron chi connectivity index (χ2n) is 8.02. The summed E-state index contributed by atoms with van der Waals surface area (Å²) in [7, 11) is 3.71. The van der Waals surface area contributed by atoms with Gasteiger partial charge < -0.3 is 10.2 Å². The third-order valence-electron chi connectivity index (χ3n) is 5.72. The molecule has 2 amide bonds. The molecule has 0 unspecified atom stereocenters. The number of halogens is 1. The SMILES string of the molecule is C[C@H](c1cccc2ccccc12)N(C)C(=O)C=Cc1cnc2c(c1)CN(C)CC(=O)N2.Cl. The maximum Gasteiger partial charge on any atom is 0.246 e. The van der Waals surface area contributed by atoms with E-state index in [2.05, 4.69) is 34.6 Å². The number of pyridine rings is 1. The Hall–Kier alpha value is -3.22. The Balaban J connectivity index is 0.00000289. The highest BCUT2D eigenvalue weighted by molar-refractivity contribution is 5.94. The van der Waals surface area contributed by atoms with Crippen molar-refractivity contribution >= 4 is 46.9 Å². The standard InChI is InChI=1S/C25H26N4O2.ClH/c1-17(21-10-6-8-19-7-4-5-9-22(19)21)29(3)24(31)12-11-18-13-20-15-28(2)16-23(30)27-25(20)26-14-18;/h4-14,17H,15-16H2,1-3H3,(H,26,27,30);1H/t17-;/m1./s1. The Morgan fingerprint density at radius 1 is 1.19 bits per heavy atom. The molecule has 0 spiro atoms. The van der Waals surface area contributed by atoms with Crippen LogP contribution in [0.25, 0.3) is 16.8 Å². The molecule has 2 aromatic carbocycles. The molecule has 6 nitrogen and oxygen atoms in total. The molecule has 0 bridgehead atoms. The molecule has 1 N–H and O–H groups in total. The highest BCUT2D eigenvalue weighted by Gasteiger charge is 2.19. The van der Waals surface area contributed by atoms with E-state index in [1.807, 2.05) is 50.2 Å². The van der Waals surface area contributed by atoms with E-state index in [1.54, 1.807) is 23.2 Å². The van der Waals surface area contributed by atoms with Gasteiger partial charge in [0.1, 0.15) is 5.82 Å². The maximum atomic E-state index is 12.9. The smallest absolute Gasteiger partial charge is 0.246 e. The predicted octanol–water partition coefficient (Wildman–Crippen LogP) is 4.27. The van der Waals surface area contributed by atoms with Gasteiger partial charge in [-0.2, -0.15) is 0 Å². The number of aromatic nitrogens is 1. The number of amides is 2. The first-order valence-corrected chi connectivity index (χ1v) is 10.3. The van der Waals surface area contributed by atoms with Crippen molar-refractivity contribution in [3.05, 3.63) is 77.5 Å². The number of nitrogens with zero attached hydrogens (tertiary/aromatic N) is 3. The summed E-state index contributed by atoms with van der Waals surface area (Å²) in [6, 6.07) is 16.3. The fraction of sp³-hybridized carbons (Fsp3) is 0.240. The number of carbonyl (C=O) groups is 2. The summed E-state index contributed by atoms with van der Waals surface area (Å²) in [5.41, 5.74) is 2.87. The lowest BCUT2D eigenvalue weighted by atomic mass is 9.99. The number of benzene rings is 2. The molecular formula is C25H27ClN4O2. The molecule has 2 heterocycles. The minimum Gasteiger partial charge on any atom is -0.335 e. The zero-order chi connectivity index (χ0) is 22.0. The first-order valence-electron chi connectivity index (χ1n) is 10.3. The van der Waals surface area contributed by atoms with Crippen LogP contribution in [0.4, 0.5) is 5.82 Å². The maximum absolute atomic E-state index is 12.9. The van der Waals surface area contributed by atoms with E-state index in [4.69, 9.17) is 0 Å². The van der Waals surface area contributed by atoms with Crippen molar-refractivity contribution in [2.24, 2.45) is 0 Å². The summed E-state index contributed by atoms with van der Waals surface area (Å²) in [6.07, 6.45) is 5.01. The number of nitrogens with one attached hydrogen (secondary N) is 1. The van der Waals surface area contributed by atoms with Crippen molar-refractivity contribution in [3.8, 4) is 0 Å². The quantitative estimate of drug-likeness (QED) is 0.603. The average Bonchev–Trinajstić information content (AvgIpc) is 2.91. The minimum absolute atomic E-state index is 0. The summed E-state index contributed by atoms with van der Waals surface area (Å²) >= 11 is 0. The third-order valence-corrected chi connectivity index (χ3v) is 5.72.